The highest BCUT2D eigenvalue weighted by molar-refractivity contribution is 6.00. The second-order valence-electron chi connectivity index (χ2n) is 4.32. The van der Waals surface area contributed by atoms with Crippen molar-refractivity contribution in [2.45, 2.75) is 6.61 Å². The van der Waals surface area contributed by atoms with E-state index in [2.05, 4.69) is 9.97 Å². The molecule has 3 N–H and O–H groups in total. The Morgan fingerprint density at radius 1 is 1.05 bits per heavy atom. The molecule has 0 aliphatic carbocycles. The van der Waals surface area contributed by atoms with Gasteiger partial charge in [-0.2, -0.15) is 0 Å². The molecule has 0 saturated carbocycles. The predicted octanol–water partition coefficient (Wildman–Crippen LogP) is 2.37. The van der Waals surface area contributed by atoms with Crippen LogP contribution in [0.3, 0.4) is 0 Å². The van der Waals surface area contributed by atoms with Crippen molar-refractivity contribution >= 4 is 16.7 Å². The van der Waals surface area contributed by atoms with Gasteiger partial charge >= 0.3 is 0 Å². The van der Waals surface area contributed by atoms with Gasteiger partial charge in [-0.25, -0.2) is 9.97 Å². The Balaban J connectivity index is 2.30. The van der Waals surface area contributed by atoms with Gasteiger partial charge in [0.05, 0.1) is 17.5 Å². The number of aliphatic hydroxyl groups excluding tert-OH is 1. The molecule has 94 valence electrons. The van der Waals surface area contributed by atoms with Gasteiger partial charge in [-0.3, -0.25) is 0 Å². The van der Waals surface area contributed by atoms with E-state index in [1.165, 1.54) is 6.33 Å². The average Bonchev–Trinajstić information content (AvgIpc) is 2.47. The second-order valence-corrected chi connectivity index (χ2v) is 4.32. The van der Waals surface area contributed by atoms with E-state index in [1.54, 1.807) is 0 Å². The highest BCUT2D eigenvalue weighted by atomic mass is 16.3. The lowest BCUT2D eigenvalue weighted by molar-refractivity contribution is 0.282. The molecular formula is C15H13N3O. The first-order chi connectivity index (χ1) is 9.29. The summed E-state index contributed by atoms with van der Waals surface area (Å²) in [5.74, 6) is 0.468. The first-order valence-corrected chi connectivity index (χ1v) is 5.99. The highest BCUT2D eigenvalue weighted by Gasteiger charge is 2.08. The van der Waals surface area contributed by atoms with Crippen LogP contribution in [0, 0.1) is 0 Å². The van der Waals surface area contributed by atoms with Crippen LogP contribution in [-0.2, 0) is 6.61 Å². The van der Waals surface area contributed by atoms with Gasteiger partial charge in [0, 0.05) is 0 Å². The Morgan fingerprint density at radius 3 is 2.74 bits per heavy atom. The third kappa shape index (κ3) is 2.02. The average molecular weight is 251 g/mol. The molecule has 0 atom stereocenters. The second kappa shape index (κ2) is 4.66. The van der Waals surface area contributed by atoms with Gasteiger partial charge in [0.15, 0.2) is 0 Å². The van der Waals surface area contributed by atoms with Crippen LogP contribution < -0.4 is 5.73 Å². The van der Waals surface area contributed by atoms with Crippen molar-refractivity contribution in [1.29, 1.82) is 0 Å². The molecule has 0 aliphatic heterocycles. The monoisotopic (exact) mass is 251 g/mol. The Labute approximate surface area is 110 Å². The van der Waals surface area contributed by atoms with E-state index in [-0.39, 0.29) is 6.61 Å². The van der Waals surface area contributed by atoms with Gasteiger partial charge < -0.3 is 10.8 Å². The summed E-state index contributed by atoms with van der Waals surface area (Å²) in [7, 11) is 0. The predicted molar refractivity (Wildman–Crippen MR) is 75.3 cm³/mol. The summed E-state index contributed by atoms with van der Waals surface area (Å²) in [6.45, 7) is 0.0184. The van der Waals surface area contributed by atoms with Crippen molar-refractivity contribution in [1.82, 2.24) is 9.97 Å². The lowest BCUT2D eigenvalue weighted by atomic mass is 9.99. The summed E-state index contributed by atoms with van der Waals surface area (Å²) >= 11 is 0. The van der Waals surface area contributed by atoms with Crippen molar-refractivity contribution < 1.29 is 5.11 Å². The SMILES string of the molecule is Nc1ncnc2cccc(-c3cccc(CO)c3)c12. The van der Waals surface area contributed by atoms with Crippen molar-refractivity contribution in [3.8, 4) is 11.1 Å². The molecule has 0 bridgehead atoms. The molecule has 1 heterocycles. The fourth-order valence-corrected chi connectivity index (χ4v) is 2.21. The van der Waals surface area contributed by atoms with Crippen LogP contribution in [0.2, 0.25) is 0 Å². The number of hydrogen-bond donors (Lipinski definition) is 2. The van der Waals surface area contributed by atoms with Crippen LogP contribution in [0.1, 0.15) is 5.56 Å². The molecule has 3 aromatic rings. The number of rotatable bonds is 2. The minimum atomic E-state index is 0.0184. The maximum atomic E-state index is 9.23. The van der Waals surface area contributed by atoms with E-state index in [0.717, 1.165) is 27.6 Å². The molecule has 0 spiro atoms. The lowest BCUT2D eigenvalue weighted by Gasteiger charge is -2.09. The minimum Gasteiger partial charge on any atom is -0.392 e. The zero-order valence-electron chi connectivity index (χ0n) is 10.2. The van der Waals surface area contributed by atoms with Gasteiger partial charge in [0.1, 0.15) is 12.1 Å². The molecule has 4 heteroatoms. The van der Waals surface area contributed by atoms with Crippen molar-refractivity contribution in [2.24, 2.45) is 0 Å². The number of nitrogen functional groups attached to an aromatic ring is 1. The Hall–Kier alpha value is -2.46. The molecule has 19 heavy (non-hydrogen) atoms. The molecule has 0 amide bonds. The van der Waals surface area contributed by atoms with E-state index >= 15 is 0 Å². The molecule has 4 nitrogen and oxygen atoms in total. The Bertz CT molecular complexity index is 735. The van der Waals surface area contributed by atoms with Gasteiger partial charge in [0.2, 0.25) is 0 Å². The van der Waals surface area contributed by atoms with Crippen LogP contribution in [0.5, 0.6) is 0 Å². The van der Waals surface area contributed by atoms with Crippen molar-refractivity contribution in [3.63, 3.8) is 0 Å². The fraction of sp³-hybridized carbons (Fsp3) is 0.0667. The van der Waals surface area contributed by atoms with E-state index in [9.17, 15) is 5.11 Å². The number of aliphatic hydroxyl groups is 1. The van der Waals surface area contributed by atoms with E-state index in [1.807, 2.05) is 42.5 Å². The highest BCUT2D eigenvalue weighted by Crippen LogP contribution is 2.30. The summed E-state index contributed by atoms with van der Waals surface area (Å²) < 4.78 is 0. The van der Waals surface area contributed by atoms with Crippen LogP contribution in [0.25, 0.3) is 22.0 Å². The molecular weight excluding hydrogens is 238 g/mol. The van der Waals surface area contributed by atoms with Crippen molar-refractivity contribution in [3.05, 3.63) is 54.4 Å². The van der Waals surface area contributed by atoms with E-state index in [0.29, 0.717) is 5.82 Å². The third-order valence-corrected chi connectivity index (χ3v) is 3.11. The largest absolute Gasteiger partial charge is 0.392 e. The van der Waals surface area contributed by atoms with Crippen LogP contribution in [-0.4, -0.2) is 15.1 Å². The van der Waals surface area contributed by atoms with E-state index < -0.39 is 0 Å². The van der Waals surface area contributed by atoms with Gasteiger partial charge in [-0.1, -0.05) is 30.3 Å². The number of fused-ring (bicyclic) bond motifs is 1. The third-order valence-electron chi connectivity index (χ3n) is 3.11. The number of aromatic nitrogens is 2. The topological polar surface area (TPSA) is 72.0 Å². The molecule has 0 fully saturated rings. The quantitative estimate of drug-likeness (QED) is 0.733. The minimum absolute atomic E-state index is 0.0184. The Morgan fingerprint density at radius 2 is 1.89 bits per heavy atom. The molecule has 1 aromatic heterocycles. The standard InChI is InChI=1S/C15H13N3O/c16-15-14-12(5-2-6-13(14)17-9-18-15)11-4-1-3-10(7-11)8-19/h1-7,9,19H,8H2,(H2,16,17,18). The molecule has 0 saturated heterocycles. The summed E-state index contributed by atoms with van der Waals surface area (Å²) in [6.07, 6.45) is 1.46. The first-order valence-electron chi connectivity index (χ1n) is 5.99. The lowest BCUT2D eigenvalue weighted by Crippen LogP contribution is -1.95. The Kier molecular flexibility index (Phi) is 2.85. The molecule has 3 rings (SSSR count). The number of benzene rings is 2. The maximum Gasteiger partial charge on any atom is 0.135 e. The normalized spacial score (nSPS) is 10.8. The maximum absolute atomic E-state index is 9.23. The smallest absolute Gasteiger partial charge is 0.135 e. The molecule has 2 aromatic carbocycles. The number of nitrogens with two attached hydrogens (primary N) is 1. The zero-order valence-corrected chi connectivity index (χ0v) is 10.2. The number of nitrogens with zero attached hydrogens (tertiary/aromatic N) is 2. The van der Waals surface area contributed by atoms with Gasteiger partial charge in [-0.15, -0.1) is 0 Å². The van der Waals surface area contributed by atoms with Crippen LogP contribution in [0.15, 0.2) is 48.8 Å². The summed E-state index contributed by atoms with van der Waals surface area (Å²) in [6, 6.07) is 13.6. The number of hydrogen-bond acceptors (Lipinski definition) is 4. The number of anilines is 1. The van der Waals surface area contributed by atoms with Crippen LogP contribution >= 0.6 is 0 Å². The van der Waals surface area contributed by atoms with Crippen molar-refractivity contribution in [2.75, 3.05) is 5.73 Å². The van der Waals surface area contributed by atoms with Crippen LogP contribution in [0.4, 0.5) is 5.82 Å². The zero-order chi connectivity index (χ0) is 13.2. The first kappa shape index (κ1) is 11.6. The van der Waals surface area contributed by atoms with Gasteiger partial charge in [-0.05, 0) is 28.8 Å². The molecule has 0 unspecified atom stereocenters. The summed E-state index contributed by atoms with van der Waals surface area (Å²) in [5.41, 5.74) is 9.63. The molecule has 0 aliphatic rings. The summed E-state index contributed by atoms with van der Waals surface area (Å²) in [5, 5.41) is 10.1. The van der Waals surface area contributed by atoms with E-state index in [4.69, 9.17) is 5.73 Å². The van der Waals surface area contributed by atoms with Gasteiger partial charge in [0.25, 0.3) is 0 Å². The summed E-state index contributed by atoms with van der Waals surface area (Å²) in [4.78, 5) is 8.28. The molecule has 0 radical (unpaired) electrons. The fourth-order valence-electron chi connectivity index (χ4n) is 2.21.